The van der Waals surface area contributed by atoms with E-state index in [-0.39, 0.29) is 11.3 Å². The summed E-state index contributed by atoms with van der Waals surface area (Å²) < 4.78 is 0. The van der Waals surface area contributed by atoms with Crippen molar-refractivity contribution in [3.63, 3.8) is 0 Å². The van der Waals surface area contributed by atoms with E-state index in [1.165, 1.54) is 11.3 Å². The number of carbonyl (C=O) groups is 1. The number of nitrogens with zero attached hydrogens (tertiary/aromatic N) is 3. The van der Waals surface area contributed by atoms with E-state index in [4.69, 9.17) is 5.73 Å². The standard InChI is InChI=1S/C14H26N4OS/c1-7-18(8-2)13-16-11(15)10(20-13)12(19)17(6)9-14(3,4)5/h7-9,15H2,1-6H3. The van der Waals surface area contributed by atoms with Crippen molar-refractivity contribution in [3.05, 3.63) is 4.88 Å². The Morgan fingerprint density at radius 2 is 1.85 bits per heavy atom. The quantitative estimate of drug-likeness (QED) is 0.908. The van der Waals surface area contributed by atoms with E-state index in [2.05, 4.69) is 44.5 Å². The Kier molecular flexibility index (Phi) is 5.39. The molecule has 0 saturated carbocycles. The summed E-state index contributed by atoms with van der Waals surface area (Å²) in [5, 5.41) is 0.819. The van der Waals surface area contributed by atoms with Crippen molar-refractivity contribution in [1.29, 1.82) is 0 Å². The normalized spacial score (nSPS) is 11.5. The lowest BCUT2D eigenvalue weighted by atomic mass is 9.96. The smallest absolute Gasteiger partial charge is 0.267 e. The van der Waals surface area contributed by atoms with Crippen molar-refractivity contribution in [2.45, 2.75) is 34.6 Å². The largest absolute Gasteiger partial charge is 0.382 e. The van der Waals surface area contributed by atoms with Gasteiger partial charge >= 0.3 is 0 Å². The van der Waals surface area contributed by atoms with Gasteiger partial charge in [0.05, 0.1) is 0 Å². The molecule has 5 nitrogen and oxygen atoms in total. The second-order valence-corrected chi connectivity index (χ2v) is 7.08. The topological polar surface area (TPSA) is 62.5 Å². The van der Waals surface area contributed by atoms with E-state index in [9.17, 15) is 4.79 Å². The fraction of sp³-hybridized carbons (Fsp3) is 0.714. The number of hydrogen-bond donors (Lipinski definition) is 1. The number of nitrogen functional groups attached to an aromatic ring is 1. The molecular weight excluding hydrogens is 272 g/mol. The van der Waals surface area contributed by atoms with Gasteiger partial charge in [-0.05, 0) is 19.3 Å². The highest BCUT2D eigenvalue weighted by Crippen LogP contribution is 2.29. The molecule has 0 radical (unpaired) electrons. The van der Waals surface area contributed by atoms with Gasteiger partial charge in [-0.2, -0.15) is 0 Å². The Balaban J connectivity index is 2.94. The van der Waals surface area contributed by atoms with Gasteiger partial charge in [0, 0.05) is 26.7 Å². The molecule has 0 aliphatic carbocycles. The van der Waals surface area contributed by atoms with E-state index in [0.717, 1.165) is 18.2 Å². The lowest BCUT2D eigenvalue weighted by Gasteiger charge is -2.26. The van der Waals surface area contributed by atoms with Gasteiger partial charge < -0.3 is 15.5 Å². The third-order valence-electron chi connectivity index (χ3n) is 2.93. The Bertz CT molecular complexity index is 460. The maximum Gasteiger partial charge on any atom is 0.267 e. The first-order valence-electron chi connectivity index (χ1n) is 6.96. The van der Waals surface area contributed by atoms with E-state index in [0.29, 0.717) is 17.2 Å². The Hall–Kier alpha value is -1.30. The van der Waals surface area contributed by atoms with Gasteiger partial charge in [0.1, 0.15) is 10.7 Å². The molecule has 0 unspecified atom stereocenters. The van der Waals surface area contributed by atoms with Crippen LogP contribution in [0, 0.1) is 5.41 Å². The maximum atomic E-state index is 12.5. The van der Waals surface area contributed by atoms with E-state index in [1.807, 2.05) is 7.05 Å². The number of rotatable bonds is 5. The van der Waals surface area contributed by atoms with Crippen LogP contribution in [0.15, 0.2) is 0 Å². The Morgan fingerprint density at radius 1 is 1.30 bits per heavy atom. The summed E-state index contributed by atoms with van der Waals surface area (Å²) in [6, 6.07) is 0. The molecule has 114 valence electrons. The van der Waals surface area contributed by atoms with Gasteiger partial charge in [-0.3, -0.25) is 4.79 Å². The van der Waals surface area contributed by atoms with Crippen LogP contribution in [0.3, 0.4) is 0 Å². The van der Waals surface area contributed by atoms with Crippen molar-refractivity contribution >= 4 is 28.2 Å². The van der Waals surface area contributed by atoms with Crippen molar-refractivity contribution in [2.24, 2.45) is 5.41 Å². The van der Waals surface area contributed by atoms with Crippen LogP contribution in [-0.4, -0.2) is 42.5 Å². The summed E-state index contributed by atoms with van der Waals surface area (Å²) >= 11 is 1.38. The van der Waals surface area contributed by atoms with Gasteiger partial charge in [0.25, 0.3) is 5.91 Å². The van der Waals surface area contributed by atoms with Crippen LogP contribution < -0.4 is 10.6 Å². The minimum Gasteiger partial charge on any atom is -0.382 e. The molecule has 0 saturated heterocycles. The van der Waals surface area contributed by atoms with Gasteiger partial charge in [0.2, 0.25) is 0 Å². The molecule has 0 aliphatic rings. The lowest BCUT2D eigenvalue weighted by Crippen LogP contribution is -2.34. The zero-order valence-electron chi connectivity index (χ0n) is 13.4. The predicted molar refractivity (Wildman–Crippen MR) is 86.5 cm³/mol. The monoisotopic (exact) mass is 298 g/mol. The first kappa shape index (κ1) is 16.8. The number of carbonyl (C=O) groups excluding carboxylic acids is 1. The fourth-order valence-electron chi connectivity index (χ4n) is 2.06. The lowest BCUT2D eigenvalue weighted by molar-refractivity contribution is 0.0751. The molecule has 2 N–H and O–H groups in total. The number of anilines is 2. The molecule has 0 atom stereocenters. The molecule has 0 aromatic carbocycles. The highest BCUT2D eigenvalue weighted by Gasteiger charge is 2.24. The molecule has 1 aromatic heterocycles. The molecule has 0 aliphatic heterocycles. The highest BCUT2D eigenvalue weighted by molar-refractivity contribution is 7.18. The zero-order valence-corrected chi connectivity index (χ0v) is 14.2. The summed E-state index contributed by atoms with van der Waals surface area (Å²) in [5.41, 5.74) is 5.98. The Morgan fingerprint density at radius 3 is 2.30 bits per heavy atom. The average Bonchev–Trinajstić information content (AvgIpc) is 2.69. The number of thiazole rings is 1. The van der Waals surface area contributed by atoms with Crippen molar-refractivity contribution in [3.8, 4) is 0 Å². The first-order valence-corrected chi connectivity index (χ1v) is 7.78. The van der Waals surface area contributed by atoms with E-state index >= 15 is 0 Å². The molecule has 1 aromatic rings. The van der Waals surface area contributed by atoms with Crippen LogP contribution in [-0.2, 0) is 0 Å². The number of aromatic nitrogens is 1. The fourth-order valence-corrected chi connectivity index (χ4v) is 3.17. The third kappa shape index (κ3) is 4.10. The SMILES string of the molecule is CCN(CC)c1nc(N)c(C(=O)N(C)CC(C)(C)C)s1. The van der Waals surface area contributed by atoms with Crippen LogP contribution in [0.2, 0.25) is 0 Å². The minimum atomic E-state index is -0.0478. The summed E-state index contributed by atoms with van der Waals surface area (Å²) in [7, 11) is 1.81. The van der Waals surface area contributed by atoms with E-state index in [1.54, 1.807) is 4.90 Å². The zero-order chi connectivity index (χ0) is 15.5. The average molecular weight is 298 g/mol. The number of amides is 1. The second-order valence-electron chi connectivity index (χ2n) is 6.10. The third-order valence-corrected chi connectivity index (χ3v) is 4.05. The van der Waals surface area contributed by atoms with Gasteiger partial charge in [-0.1, -0.05) is 32.1 Å². The van der Waals surface area contributed by atoms with Crippen molar-refractivity contribution in [1.82, 2.24) is 9.88 Å². The molecule has 0 spiro atoms. The molecule has 1 amide bonds. The molecule has 0 bridgehead atoms. The minimum absolute atomic E-state index is 0.0478. The number of nitrogens with two attached hydrogens (primary N) is 1. The van der Waals surface area contributed by atoms with E-state index < -0.39 is 0 Å². The van der Waals surface area contributed by atoms with Gasteiger partial charge in [-0.25, -0.2) is 4.98 Å². The molecule has 1 heterocycles. The molecular formula is C14H26N4OS. The summed E-state index contributed by atoms with van der Waals surface area (Å²) in [6.45, 7) is 12.8. The van der Waals surface area contributed by atoms with Crippen molar-refractivity contribution in [2.75, 3.05) is 37.3 Å². The molecule has 6 heteroatoms. The predicted octanol–water partition coefficient (Wildman–Crippen LogP) is 2.69. The Labute approximate surface area is 125 Å². The molecule has 20 heavy (non-hydrogen) atoms. The van der Waals surface area contributed by atoms with Crippen LogP contribution in [0.1, 0.15) is 44.3 Å². The van der Waals surface area contributed by atoms with Gasteiger partial charge in [0.15, 0.2) is 5.13 Å². The summed E-state index contributed by atoms with van der Waals surface area (Å²) in [6.07, 6.45) is 0. The molecule has 0 fully saturated rings. The number of hydrogen-bond acceptors (Lipinski definition) is 5. The van der Waals surface area contributed by atoms with Crippen LogP contribution >= 0.6 is 11.3 Å². The molecule has 1 rings (SSSR count). The second kappa shape index (κ2) is 6.43. The summed E-state index contributed by atoms with van der Waals surface area (Å²) in [5.74, 6) is 0.288. The van der Waals surface area contributed by atoms with Crippen LogP contribution in [0.25, 0.3) is 0 Å². The van der Waals surface area contributed by atoms with Crippen LogP contribution in [0.4, 0.5) is 10.9 Å². The first-order chi connectivity index (χ1) is 9.19. The van der Waals surface area contributed by atoms with Crippen molar-refractivity contribution < 1.29 is 4.79 Å². The highest BCUT2D eigenvalue weighted by atomic mass is 32.1. The van der Waals surface area contributed by atoms with Gasteiger partial charge in [-0.15, -0.1) is 0 Å². The van der Waals surface area contributed by atoms with Crippen LogP contribution in [0.5, 0.6) is 0 Å². The summed E-state index contributed by atoms with van der Waals surface area (Å²) in [4.78, 5) is 21.1. The maximum absolute atomic E-state index is 12.5.